The highest BCUT2D eigenvalue weighted by molar-refractivity contribution is 6.04. The van der Waals surface area contributed by atoms with Gasteiger partial charge in [-0.15, -0.1) is 0 Å². The van der Waals surface area contributed by atoms with Crippen molar-refractivity contribution in [3.63, 3.8) is 0 Å². The van der Waals surface area contributed by atoms with Crippen LogP contribution in [0.15, 0.2) is 42.9 Å². The van der Waals surface area contributed by atoms with Gasteiger partial charge in [0.1, 0.15) is 17.3 Å². The number of anilines is 1. The number of aryl methyl sites for hydroxylation is 2. The minimum atomic E-state index is -0.590. The number of imide groups is 1. The van der Waals surface area contributed by atoms with Crippen LogP contribution in [0.25, 0.3) is 11.3 Å². The Morgan fingerprint density at radius 3 is 2.82 bits per heavy atom. The van der Waals surface area contributed by atoms with Crippen LogP contribution >= 0.6 is 0 Å². The van der Waals surface area contributed by atoms with Crippen molar-refractivity contribution in [2.24, 2.45) is 12.5 Å². The van der Waals surface area contributed by atoms with E-state index >= 15 is 0 Å². The van der Waals surface area contributed by atoms with Gasteiger partial charge in [0.15, 0.2) is 0 Å². The van der Waals surface area contributed by atoms with Gasteiger partial charge in [-0.3, -0.25) is 24.7 Å². The Kier molecular flexibility index (Phi) is 6.60. The van der Waals surface area contributed by atoms with E-state index in [9.17, 15) is 9.59 Å². The molecular formula is C24H28N6O4. The maximum Gasteiger partial charge on any atom is 0.329 e. The zero-order valence-electron chi connectivity index (χ0n) is 19.7. The smallest absolute Gasteiger partial charge is 0.329 e. The topological polar surface area (TPSA) is 111 Å². The third-order valence-corrected chi connectivity index (χ3v) is 5.98. The molecule has 1 aliphatic rings. The van der Waals surface area contributed by atoms with Gasteiger partial charge in [0.25, 0.3) is 0 Å². The molecule has 10 nitrogen and oxygen atoms in total. The summed E-state index contributed by atoms with van der Waals surface area (Å²) < 4.78 is 12.8. The van der Waals surface area contributed by atoms with Crippen molar-refractivity contribution < 1.29 is 19.1 Å². The zero-order valence-corrected chi connectivity index (χ0v) is 19.7. The summed E-state index contributed by atoms with van der Waals surface area (Å²) in [7, 11) is 3.45. The molecule has 1 N–H and O–H groups in total. The predicted octanol–water partition coefficient (Wildman–Crippen LogP) is 3.78. The van der Waals surface area contributed by atoms with Crippen molar-refractivity contribution in [3.8, 4) is 22.8 Å². The van der Waals surface area contributed by atoms with Crippen LogP contribution in [0, 0.1) is 12.3 Å². The standard InChI is InChI=1S/C24H28N6O4/c1-16-20(34-18-7-10-25-19(13-18)17-14-26-29(3)15-17)5-6-21(27-16)28-23(32)30-11-8-24(2,22(30)31)9-12-33-4/h5-7,10,13-15H,8-9,11-12H2,1-4H3,(H,27,28,32). The van der Waals surface area contributed by atoms with E-state index in [0.29, 0.717) is 49.0 Å². The molecule has 178 valence electrons. The Balaban J connectivity index is 1.42. The van der Waals surface area contributed by atoms with Crippen molar-refractivity contribution in [2.75, 3.05) is 25.6 Å². The number of pyridine rings is 2. The SMILES string of the molecule is COCCC1(C)CCN(C(=O)Nc2ccc(Oc3ccnc(-c4cnn(C)c4)c3)c(C)n2)C1=O. The van der Waals surface area contributed by atoms with E-state index in [-0.39, 0.29) is 5.91 Å². The number of carbonyl (C=O) groups is 2. The van der Waals surface area contributed by atoms with Gasteiger partial charge in [0, 0.05) is 51.3 Å². The van der Waals surface area contributed by atoms with E-state index in [1.165, 1.54) is 4.90 Å². The number of carbonyl (C=O) groups excluding carboxylic acids is 2. The molecule has 1 unspecified atom stereocenters. The number of urea groups is 1. The maximum atomic E-state index is 12.8. The molecule has 0 radical (unpaired) electrons. The van der Waals surface area contributed by atoms with Crippen LogP contribution in [-0.4, -0.2) is 56.8 Å². The fourth-order valence-corrected chi connectivity index (χ4v) is 3.86. The van der Waals surface area contributed by atoms with Gasteiger partial charge in [0.05, 0.1) is 23.0 Å². The first-order valence-corrected chi connectivity index (χ1v) is 11.0. The monoisotopic (exact) mass is 464 g/mol. The van der Waals surface area contributed by atoms with E-state index < -0.39 is 11.4 Å². The summed E-state index contributed by atoms with van der Waals surface area (Å²) in [6.45, 7) is 4.50. The molecule has 0 saturated carbocycles. The zero-order chi connectivity index (χ0) is 24.3. The van der Waals surface area contributed by atoms with Crippen LogP contribution in [0.5, 0.6) is 11.5 Å². The Labute approximate surface area is 197 Å². The summed E-state index contributed by atoms with van der Waals surface area (Å²) in [6.07, 6.45) is 6.47. The molecular weight excluding hydrogens is 436 g/mol. The first-order chi connectivity index (χ1) is 16.3. The molecule has 3 aromatic rings. The first kappa shape index (κ1) is 23.4. The largest absolute Gasteiger partial charge is 0.455 e. The normalized spacial score (nSPS) is 17.8. The summed E-state index contributed by atoms with van der Waals surface area (Å²) in [5.74, 6) is 1.30. The van der Waals surface area contributed by atoms with E-state index in [4.69, 9.17) is 9.47 Å². The molecule has 3 aromatic heterocycles. The Morgan fingerprint density at radius 2 is 2.12 bits per heavy atom. The van der Waals surface area contributed by atoms with Crippen LogP contribution in [0.3, 0.4) is 0 Å². The lowest BCUT2D eigenvalue weighted by Gasteiger charge is -2.22. The summed E-state index contributed by atoms with van der Waals surface area (Å²) in [4.78, 5) is 35.5. The average Bonchev–Trinajstić information content (AvgIpc) is 3.38. The number of aromatic nitrogens is 4. The molecule has 10 heteroatoms. The molecule has 1 aliphatic heterocycles. The molecule has 4 heterocycles. The average molecular weight is 465 g/mol. The number of amides is 3. The fraction of sp³-hybridized carbons (Fsp3) is 0.375. The Bertz CT molecular complexity index is 1210. The highest BCUT2D eigenvalue weighted by Crippen LogP contribution is 2.35. The Hall–Kier alpha value is -3.79. The number of hydrogen-bond acceptors (Lipinski definition) is 7. The third kappa shape index (κ3) is 4.91. The second-order valence-electron chi connectivity index (χ2n) is 8.60. The van der Waals surface area contributed by atoms with Gasteiger partial charge >= 0.3 is 6.03 Å². The number of nitrogens with zero attached hydrogens (tertiary/aromatic N) is 5. The van der Waals surface area contributed by atoms with Crippen molar-refractivity contribution in [1.82, 2.24) is 24.6 Å². The van der Waals surface area contributed by atoms with Crippen LogP contribution in [0.1, 0.15) is 25.5 Å². The van der Waals surface area contributed by atoms with Gasteiger partial charge in [-0.05, 0) is 38.0 Å². The predicted molar refractivity (Wildman–Crippen MR) is 125 cm³/mol. The number of hydrogen-bond donors (Lipinski definition) is 1. The number of nitrogens with one attached hydrogen (secondary N) is 1. The fourth-order valence-electron chi connectivity index (χ4n) is 3.86. The lowest BCUT2D eigenvalue weighted by Crippen LogP contribution is -2.40. The summed E-state index contributed by atoms with van der Waals surface area (Å²) in [5.41, 5.74) is 1.63. The molecule has 34 heavy (non-hydrogen) atoms. The van der Waals surface area contributed by atoms with Crippen molar-refractivity contribution in [2.45, 2.75) is 26.7 Å². The molecule has 0 aromatic carbocycles. The van der Waals surface area contributed by atoms with E-state index in [0.717, 1.165) is 11.3 Å². The molecule has 1 atom stereocenters. The number of methoxy groups -OCH3 is 1. The van der Waals surface area contributed by atoms with Crippen molar-refractivity contribution in [3.05, 3.63) is 48.5 Å². The molecule has 3 amide bonds. The van der Waals surface area contributed by atoms with E-state index in [1.807, 2.05) is 26.2 Å². The third-order valence-electron chi connectivity index (χ3n) is 5.98. The van der Waals surface area contributed by atoms with Crippen molar-refractivity contribution >= 4 is 17.8 Å². The lowest BCUT2D eigenvalue weighted by atomic mass is 9.85. The van der Waals surface area contributed by atoms with Crippen LogP contribution in [-0.2, 0) is 16.6 Å². The van der Waals surface area contributed by atoms with Crippen LogP contribution in [0.2, 0.25) is 0 Å². The second-order valence-corrected chi connectivity index (χ2v) is 8.60. The number of ether oxygens (including phenoxy) is 2. The van der Waals surface area contributed by atoms with Crippen LogP contribution < -0.4 is 10.1 Å². The minimum Gasteiger partial charge on any atom is -0.455 e. The summed E-state index contributed by atoms with van der Waals surface area (Å²) in [6, 6.07) is 6.48. The number of likely N-dealkylation sites (tertiary alicyclic amines) is 1. The van der Waals surface area contributed by atoms with Gasteiger partial charge in [-0.25, -0.2) is 9.78 Å². The molecule has 1 saturated heterocycles. The highest BCUT2D eigenvalue weighted by atomic mass is 16.5. The summed E-state index contributed by atoms with van der Waals surface area (Å²) in [5, 5.41) is 6.89. The quantitative estimate of drug-likeness (QED) is 0.566. The van der Waals surface area contributed by atoms with E-state index in [2.05, 4.69) is 20.4 Å². The molecule has 0 bridgehead atoms. The Morgan fingerprint density at radius 1 is 1.29 bits per heavy atom. The summed E-state index contributed by atoms with van der Waals surface area (Å²) >= 11 is 0. The highest BCUT2D eigenvalue weighted by Gasteiger charge is 2.44. The van der Waals surface area contributed by atoms with Gasteiger partial charge in [-0.2, -0.15) is 5.10 Å². The molecule has 1 fully saturated rings. The maximum absolute atomic E-state index is 12.8. The van der Waals surface area contributed by atoms with Gasteiger partial charge < -0.3 is 9.47 Å². The van der Waals surface area contributed by atoms with Crippen molar-refractivity contribution in [1.29, 1.82) is 0 Å². The molecule has 0 aliphatic carbocycles. The van der Waals surface area contributed by atoms with Gasteiger partial charge in [-0.1, -0.05) is 6.92 Å². The number of rotatable bonds is 7. The van der Waals surface area contributed by atoms with E-state index in [1.54, 1.807) is 49.3 Å². The molecule has 0 spiro atoms. The lowest BCUT2D eigenvalue weighted by molar-refractivity contribution is -0.133. The van der Waals surface area contributed by atoms with Crippen LogP contribution in [0.4, 0.5) is 10.6 Å². The first-order valence-electron chi connectivity index (χ1n) is 11.0. The molecule has 4 rings (SSSR count). The second kappa shape index (κ2) is 9.60. The minimum absolute atomic E-state index is 0.194. The van der Waals surface area contributed by atoms with Gasteiger partial charge in [0.2, 0.25) is 5.91 Å².